The monoisotopic (exact) mass is 250 g/mol. The molecule has 0 aromatic carbocycles. The van der Waals surface area contributed by atoms with E-state index in [1.807, 2.05) is 12.1 Å². The Labute approximate surface area is 103 Å². The maximum Gasteiger partial charge on any atom is 0.263 e. The molecule has 0 radical (unpaired) electrons. The number of thiophene rings is 1. The number of nitrogens with zero attached hydrogens (tertiary/aromatic N) is 1. The maximum atomic E-state index is 11.9. The molecule has 6 heteroatoms. The van der Waals surface area contributed by atoms with Gasteiger partial charge in [0.1, 0.15) is 10.4 Å². The molecule has 0 spiro atoms. The Balaban J connectivity index is 2.23. The standard InChI is InChI=1S/C11H14N4OS/c12-4-2-6-15-11(16)10-8(13)9-7(17-10)3-1-5-14-9/h1,3,5H,2,4,6,12-13H2,(H,15,16). The lowest BCUT2D eigenvalue weighted by atomic mass is 10.3. The fourth-order valence-corrected chi connectivity index (χ4v) is 2.50. The van der Waals surface area contributed by atoms with Crippen molar-refractivity contribution in [1.82, 2.24) is 10.3 Å². The second kappa shape index (κ2) is 5.11. The molecule has 2 aromatic heterocycles. The number of nitrogens with two attached hydrogens (primary N) is 2. The third-order valence-electron chi connectivity index (χ3n) is 2.36. The van der Waals surface area contributed by atoms with Gasteiger partial charge in [0.15, 0.2) is 0 Å². The molecule has 17 heavy (non-hydrogen) atoms. The minimum Gasteiger partial charge on any atom is -0.396 e. The Kier molecular flexibility index (Phi) is 3.55. The molecule has 0 aliphatic carbocycles. The number of nitrogen functional groups attached to an aromatic ring is 1. The summed E-state index contributed by atoms with van der Waals surface area (Å²) in [5, 5.41) is 2.79. The zero-order valence-electron chi connectivity index (χ0n) is 9.27. The Morgan fingerprint density at radius 2 is 2.35 bits per heavy atom. The summed E-state index contributed by atoms with van der Waals surface area (Å²) in [5.74, 6) is -0.154. The van der Waals surface area contributed by atoms with Gasteiger partial charge in [0.05, 0.1) is 10.4 Å². The number of aromatic nitrogens is 1. The van der Waals surface area contributed by atoms with E-state index >= 15 is 0 Å². The molecular weight excluding hydrogens is 236 g/mol. The number of amides is 1. The van der Waals surface area contributed by atoms with Gasteiger partial charge in [-0.25, -0.2) is 0 Å². The predicted molar refractivity (Wildman–Crippen MR) is 70.0 cm³/mol. The van der Waals surface area contributed by atoms with Crippen LogP contribution in [-0.4, -0.2) is 24.0 Å². The van der Waals surface area contributed by atoms with Crippen LogP contribution in [0, 0.1) is 0 Å². The molecule has 0 unspecified atom stereocenters. The van der Waals surface area contributed by atoms with Crippen molar-refractivity contribution in [3.05, 3.63) is 23.2 Å². The summed E-state index contributed by atoms with van der Waals surface area (Å²) in [5.41, 5.74) is 12.4. The number of rotatable bonds is 4. The second-order valence-electron chi connectivity index (χ2n) is 3.59. The molecular formula is C11H14N4OS. The Bertz CT molecular complexity index is 537. The van der Waals surface area contributed by atoms with E-state index in [0.29, 0.717) is 29.2 Å². The van der Waals surface area contributed by atoms with Crippen molar-refractivity contribution in [2.75, 3.05) is 18.8 Å². The number of carbonyl (C=O) groups is 1. The Hall–Kier alpha value is -1.66. The van der Waals surface area contributed by atoms with E-state index in [1.54, 1.807) is 6.20 Å². The third-order valence-corrected chi connectivity index (χ3v) is 3.51. The van der Waals surface area contributed by atoms with Gasteiger partial charge < -0.3 is 16.8 Å². The molecule has 0 aliphatic rings. The maximum absolute atomic E-state index is 11.9. The number of pyridine rings is 1. The molecule has 0 saturated carbocycles. The fourth-order valence-electron chi connectivity index (χ4n) is 1.50. The number of carbonyl (C=O) groups excluding carboxylic acids is 1. The van der Waals surface area contributed by atoms with Gasteiger partial charge in [-0.2, -0.15) is 0 Å². The molecule has 2 aromatic rings. The van der Waals surface area contributed by atoms with Crippen molar-refractivity contribution in [1.29, 1.82) is 0 Å². The van der Waals surface area contributed by atoms with Crippen LogP contribution < -0.4 is 16.8 Å². The quantitative estimate of drug-likeness (QED) is 0.704. The molecule has 5 nitrogen and oxygen atoms in total. The lowest BCUT2D eigenvalue weighted by molar-refractivity contribution is 0.0958. The van der Waals surface area contributed by atoms with Crippen molar-refractivity contribution in [2.45, 2.75) is 6.42 Å². The number of anilines is 1. The van der Waals surface area contributed by atoms with Gasteiger partial charge in [-0.1, -0.05) is 0 Å². The highest BCUT2D eigenvalue weighted by atomic mass is 32.1. The average molecular weight is 250 g/mol. The first-order chi connectivity index (χ1) is 8.24. The van der Waals surface area contributed by atoms with Gasteiger partial charge >= 0.3 is 0 Å². The molecule has 5 N–H and O–H groups in total. The third kappa shape index (κ3) is 2.37. The number of hydrogen-bond donors (Lipinski definition) is 3. The second-order valence-corrected chi connectivity index (χ2v) is 4.65. The zero-order chi connectivity index (χ0) is 12.3. The van der Waals surface area contributed by atoms with E-state index in [0.717, 1.165) is 11.1 Å². The largest absolute Gasteiger partial charge is 0.396 e. The summed E-state index contributed by atoms with van der Waals surface area (Å²) in [6.07, 6.45) is 2.43. The molecule has 0 fully saturated rings. The number of hydrogen-bond acceptors (Lipinski definition) is 5. The van der Waals surface area contributed by atoms with Crippen molar-refractivity contribution < 1.29 is 4.79 Å². The average Bonchev–Trinajstić information content (AvgIpc) is 2.68. The molecule has 90 valence electrons. The van der Waals surface area contributed by atoms with Crippen LogP contribution in [0.4, 0.5) is 5.69 Å². The van der Waals surface area contributed by atoms with E-state index in [2.05, 4.69) is 10.3 Å². The summed E-state index contributed by atoms with van der Waals surface area (Å²) in [4.78, 5) is 16.6. The lowest BCUT2D eigenvalue weighted by Gasteiger charge is -2.02. The SMILES string of the molecule is NCCCNC(=O)c1sc2cccnc2c1N. The van der Waals surface area contributed by atoms with Crippen LogP contribution in [0.5, 0.6) is 0 Å². The summed E-state index contributed by atoms with van der Waals surface area (Å²) < 4.78 is 0.925. The van der Waals surface area contributed by atoms with Crippen LogP contribution in [0.3, 0.4) is 0 Å². The van der Waals surface area contributed by atoms with E-state index in [-0.39, 0.29) is 5.91 Å². The van der Waals surface area contributed by atoms with Crippen LogP contribution in [0.25, 0.3) is 10.2 Å². The highest BCUT2D eigenvalue weighted by molar-refractivity contribution is 7.21. The topological polar surface area (TPSA) is 94.0 Å². The summed E-state index contributed by atoms with van der Waals surface area (Å²) in [6.45, 7) is 1.13. The lowest BCUT2D eigenvalue weighted by Crippen LogP contribution is -2.25. The summed E-state index contributed by atoms with van der Waals surface area (Å²) in [6, 6.07) is 3.73. The highest BCUT2D eigenvalue weighted by Gasteiger charge is 2.16. The van der Waals surface area contributed by atoms with Crippen molar-refractivity contribution in [3.8, 4) is 0 Å². The minimum absolute atomic E-state index is 0.154. The number of fused-ring (bicyclic) bond motifs is 1. The van der Waals surface area contributed by atoms with Crippen LogP contribution in [0.2, 0.25) is 0 Å². The fraction of sp³-hybridized carbons (Fsp3) is 0.273. The van der Waals surface area contributed by atoms with Crippen molar-refractivity contribution >= 4 is 33.1 Å². The zero-order valence-corrected chi connectivity index (χ0v) is 10.1. The van der Waals surface area contributed by atoms with Gasteiger partial charge in [0, 0.05) is 12.7 Å². The van der Waals surface area contributed by atoms with Gasteiger partial charge in [-0.3, -0.25) is 9.78 Å². The van der Waals surface area contributed by atoms with Crippen molar-refractivity contribution in [2.24, 2.45) is 5.73 Å². The van der Waals surface area contributed by atoms with Gasteiger partial charge in [0.2, 0.25) is 0 Å². The van der Waals surface area contributed by atoms with Crippen molar-refractivity contribution in [3.63, 3.8) is 0 Å². The Morgan fingerprint density at radius 1 is 1.53 bits per heavy atom. The predicted octanol–water partition coefficient (Wildman–Crippen LogP) is 0.957. The van der Waals surface area contributed by atoms with Gasteiger partial charge in [-0.15, -0.1) is 11.3 Å². The van der Waals surface area contributed by atoms with E-state index < -0.39 is 0 Å². The minimum atomic E-state index is -0.154. The first kappa shape index (κ1) is 11.8. The van der Waals surface area contributed by atoms with Crippen LogP contribution in [0.1, 0.15) is 16.1 Å². The van der Waals surface area contributed by atoms with Crippen LogP contribution >= 0.6 is 11.3 Å². The molecule has 2 heterocycles. The van der Waals surface area contributed by atoms with Crippen LogP contribution in [-0.2, 0) is 0 Å². The molecule has 2 rings (SSSR count). The molecule has 0 saturated heterocycles. The van der Waals surface area contributed by atoms with E-state index in [9.17, 15) is 4.79 Å². The van der Waals surface area contributed by atoms with E-state index in [4.69, 9.17) is 11.5 Å². The van der Waals surface area contributed by atoms with Crippen LogP contribution in [0.15, 0.2) is 18.3 Å². The first-order valence-corrected chi connectivity index (χ1v) is 6.17. The first-order valence-electron chi connectivity index (χ1n) is 5.35. The highest BCUT2D eigenvalue weighted by Crippen LogP contribution is 2.31. The summed E-state index contributed by atoms with van der Waals surface area (Å²) in [7, 11) is 0. The molecule has 1 amide bonds. The molecule has 0 bridgehead atoms. The molecule has 0 aliphatic heterocycles. The van der Waals surface area contributed by atoms with E-state index in [1.165, 1.54) is 11.3 Å². The number of nitrogens with one attached hydrogen (secondary N) is 1. The van der Waals surface area contributed by atoms with Gasteiger partial charge in [-0.05, 0) is 25.1 Å². The summed E-state index contributed by atoms with van der Waals surface area (Å²) >= 11 is 1.36. The Morgan fingerprint density at radius 3 is 3.06 bits per heavy atom. The smallest absolute Gasteiger partial charge is 0.263 e. The molecule has 0 atom stereocenters. The van der Waals surface area contributed by atoms with Gasteiger partial charge in [0.25, 0.3) is 5.91 Å². The normalized spacial score (nSPS) is 10.6.